The first-order valence-electron chi connectivity index (χ1n) is 8.79. The van der Waals surface area contributed by atoms with E-state index in [1.165, 1.54) is 36.4 Å². The van der Waals surface area contributed by atoms with Gasteiger partial charge >= 0.3 is 0 Å². The Morgan fingerprint density at radius 1 is 1.03 bits per heavy atom. The molecule has 30 heavy (non-hydrogen) atoms. The maximum atomic E-state index is 12.4. The van der Waals surface area contributed by atoms with Gasteiger partial charge < -0.3 is 10.4 Å². The van der Waals surface area contributed by atoms with E-state index in [9.17, 15) is 33.8 Å². The highest BCUT2D eigenvalue weighted by Gasteiger charge is 2.25. The van der Waals surface area contributed by atoms with Crippen molar-refractivity contribution in [3.05, 3.63) is 68.3 Å². The minimum absolute atomic E-state index is 0.0238. The molecule has 0 fully saturated rings. The number of aliphatic hydroxyl groups excluding tert-OH is 1. The molecule has 12 heteroatoms. The van der Waals surface area contributed by atoms with Crippen LogP contribution < -0.4 is 10.0 Å². The van der Waals surface area contributed by atoms with Crippen molar-refractivity contribution in [1.82, 2.24) is 4.72 Å². The molecule has 1 unspecified atom stereocenters. The van der Waals surface area contributed by atoms with Crippen molar-refractivity contribution in [1.29, 1.82) is 0 Å². The molecule has 2 rings (SSSR count). The summed E-state index contributed by atoms with van der Waals surface area (Å²) in [6.45, 7) is 4.81. The molecule has 3 N–H and O–H groups in total. The van der Waals surface area contributed by atoms with Gasteiger partial charge in [-0.15, -0.1) is 0 Å². The monoisotopic (exact) mass is 438 g/mol. The van der Waals surface area contributed by atoms with E-state index in [0.717, 1.165) is 6.07 Å². The summed E-state index contributed by atoms with van der Waals surface area (Å²) >= 11 is 0. The molecular formula is C18H22N4O7S. The molecular weight excluding hydrogens is 416 g/mol. The minimum Gasteiger partial charge on any atom is -0.387 e. The van der Waals surface area contributed by atoms with Crippen LogP contribution in [0, 0.1) is 20.2 Å². The van der Waals surface area contributed by atoms with Crippen LogP contribution in [0.25, 0.3) is 0 Å². The molecule has 0 spiro atoms. The molecule has 0 radical (unpaired) electrons. The molecule has 162 valence electrons. The highest BCUT2D eigenvalue weighted by atomic mass is 32.2. The predicted molar refractivity (Wildman–Crippen MR) is 110 cm³/mol. The standard InChI is InChI=1S/C18H22N4O7S/c1-18(2,3)20-30(28,29)14-8-9-15(16(10-14)22(26)27)19-11-17(23)12-4-6-13(7-5-12)21(24)25/h4-10,17,19-20,23H,11H2,1-3H3. The number of hydrogen-bond acceptors (Lipinski definition) is 8. The lowest BCUT2D eigenvalue weighted by Crippen LogP contribution is -2.40. The van der Waals surface area contributed by atoms with E-state index in [2.05, 4.69) is 10.0 Å². The number of benzene rings is 2. The molecule has 0 heterocycles. The van der Waals surface area contributed by atoms with Gasteiger partial charge in [-0.25, -0.2) is 13.1 Å². The van der Waals surface area contributed by atoms with Crippen LogP contribution in [0.1, 0.15) is 32.4 Å². The van der Waals surface area contributed by atoms with E-state index in [4.69, 9.17) is 0 Å². The summed E-state index contributed by atoms with van der Waals surface area (Å²) < 4.78 is 27.3. The van der Waals surface area contributed by atoms with Crippen LogP contribution in [0.2, 0.25) is 0 Å². The molecule has 0 saturated carbocycles. The van der Waals surface area contributed by atoms with Gasteiger partial charge in [-0.05, 0) is 50.6 Å². The van der Waals surface area contributed by atoms with Crippen molar-refractivity contribution in [2.75, 3.05) is 11.9 Å². The van der Waals surface area contributed by atoms with Gasteiger partial charge in [-0.2, -0.15) is 0 Å². The van der Waals surface area contributed by atoms with Crippen molar-refractivity contribution in [3.8, 4) is 0 Å². The Bertz CT molecular complexity index is 1050. The van der Waals surface area contributed by atoms with Gasteiger partial charge in [0.2, 0.25) is 10.0 Å². The SMILES string of the molecule is CC(C)(C)NS(=O)(=O)c1ccc(NCC(O)c2ccc([N+](=O)[O-])cc2)c([N+](=O)[O-])c1. The first-order chi connectivity index (χ1) is 13.8. The van der Waals surface area contributed by atoms with Crippen molar-refractivity contribution < 1.29 is 23.4 Å². The average molecular weight is 438 g/mol. The summed E-state index contributed by atoms with van der Waals surface area (Å²) in [6, 6.07) is 8.65. The number of aliphatic hydroxyl groups is 1. The summed E-state index contributed by atoms with van der Waals surface area (Å²) in [5, 5.41) is 35.1. The molecule has 0 aliphatic rings. The zero-order valence-corrected chi connectivity index (χ0v) is 17.3. The average Bonchev–Trinajstić information content (AvgIpc) is 2.64. The smallest absolute Gasteiger partial charge is 0.293 e. The van der Waals surface area contributed by atoms with Gasteiger partial charge in [-0.1, -0.05) is 0 Å². The van der Waals surface area contributed by atoms with Crippen molar-refractivity contribution in [2.45, 2.75) is 37.3 Å². The third kappa shape index (κ3) is 5.95. The molecule has 0 aliphatic heterocycles. The fourth-order valence-corrected chi connectivity index (χ4v) is 4.02. The van der Waals surface area contributed by atoms with E-state index in [0.29, 0.717) is 5.56 Å². The van der Waals surface area contributed by atoms with Crippen LogP contribution in [0.4, 0.5) is 17.1 Å². The second-order valence-electron chi connectivity index (χ2n) is 7.54. The number of nitrogens with zero attached hydrogens (tertiary/aromatic N) is 2. The van der Waals surface area contributed by atoms with Crippen molar-refractivity contribution >= 4 is 27.1 Å². The Morgan fingerprint density at radius 3 is 2.13 bits per heavy atom. The number of rotatable bonds is 8. The third-order valence-electron chi connectivity index (χ3n) is 3.89. The number of sulfonamides is 1. The molecule has 0 aliphatic carbocycles. The zero-order valence-electron chi connectivity index (χ0n) is 16.5. The van der Waals surface area contributed by atoms with Crippen LogP contribution >= 0.6 is 0 Å². The summed E-state index contributed by atoms with van der Waals surface area (Å²) in [5.74, 6) is 0. The van der Waals surface area contributed by atoms with Crippen molar-refractivity contribution in [2.24, 2.45) is 0 Å². The van der Waals surface area contributed by atoms with Gasteiger partial charge in [0.05, 0.1) is 20.8 Å². The topological polar surface area (TPSA) is 165 Å². The van der Waals surface area contributed by atoms with E-state index in [1.54, 1.807) is 20.8 Å². The highest BCUT2D eigenvalue weighted by Crippen LogP contribution is 2.29. The Kier molecular flexibility index (Phi) is 6.75. The second-order valence-corrected chi connectivity index (χ2v) is 9.22. The summed E-state index contributed by atoms with van der Waals surface area (Å²) in [4.78, 5) is 20.6. The lowest BCUT2D eigenvalue weighted by molar-refractivity contribution is -0.384. The Morgan fingerprint density at radius 2 is 1.63 bits per heavy atom. The van der Waals surface area contributed by atoms with Crippen molar-refractivity contribution in [3.63, 3.8) is 0 Å². The quantitative estimate of drug-likeness (QED) is 0.418. The Hall–Kier alpha value is -3.09. The fourth-order valence-electron chi connectivity index (χ4n) is 2.58. The lowest BCUT2D eigenvalue weighted by Gasteiger charge is -2.20. The lowest BCUT2D eigenvalue weighted by atomic mass is 10.1. The number of hydrogen-bond donors (Lipinski definition) is 3. The van der Waals surface area contributed by atoms with Crippen LogP contribution in [-0.4, -0.2) is 35.5 Å². The first-order valence-corrected chi connectivity index (χ1v) is 10.3. The second kappa shape index (κ2) is 8.73. The number of non-ortho nitro benzene ring substituents is 1. The van der Waals surface area contributed by atoms with Crippen LogP contribution in [0.15, 0.2) is 47.4 Å². The summed E-state index contributed by atoms with van der Waals surface area (Å²) in [6.07, 6.45) is -1.10. The molecule has 2 aromatic rings. The Labute approximate surface area is 173 Å². The number of nitrogens with one attached hydrogen (secondary N) is 2. The highest BCUT2D eigenvalue weighted by molar-refractivity contribution is 7.89. The largest absolute Gasteiger partial charge is 0.387 e. The van der Waals surface area contributed by atoms with Gasteiger partial charge in [0.15, 0.2) is 0 Å². The van der Waals surface area contributed by atoms with Gasteiger partial charge in [0.1, 0.15) is 5.69 Å². The minimum atomic E-state index is -3.96. The summed E-state index contributed by atoms with van der Waals surface area (Å²) in [5.41, 5.74) is -0.961. The fraction of sp³-hybridized carbons (Fsp3) is 0.333. The van der Waals surface area contributed by atoms with Crippen LogP contribution in [0.5, 0.6) is 0 Å². The van der Waals surface area contributed by atoms with E-state index in [-0.39, 0.29) is 22.8 Å². The Balaban J connectivity index is 2.21. The van der Waals surface area contributed by atoms with Gasteiger partial charge in [-0.3, -0.25) is 20.2 Å². The number of nitro benzene ring substituents is 2. The molecule has 0 amide bonds. The molecule has 0 bridgehead atoms. The maximum absolute atomic E-state index is 12.4. The molecule has 0 aromatic heterocycles. The molecule has 11 nitrogen and oxygen atoms in total. The van der Waals surface area contributed by atoms with E-state index in [1.807, 2.05) is 0 Å². The maximum Gasteiger partial charge on any atom is 0.293 e. The number of anilines is 1. The van der Waals surface area contributed by atoms with Gasteiger partial charge in [0.25, 0.3) is 11.4 Å². The third-order valence-corrected chi connectivity index (χ3v) is 5.65. The zero-order chi connectivity index (χ0) is 22.7. The van der Waals surface area contributed by atoms with Crippen LogP contribution in [-0.2, 0) is 10.0 Å². The van der Waals surface area contributed by atoms with Crippen LogP contribution in [0.3, 0.4) is 0 Å². The molecule has 1 atom stereocenters. The summed E-state index contributed by atoms with van der Waals surface area (Å²) in [7, 11) is -3.96. The molecule has 2 aromatic carbocycles. The normalized spacial score (nSPS) is 12.9. The number of nitro groups is 2. The van der Waals surface area contributed by atoms with E-state index >= 15 is 0 Å². The van der Waals surface area contributed by atoms with Gasteiger partial charge in [0, 0.05) is 30.3 Å². The van der Waals surface area contributed by atoms with E-state index < -0.39 is 37.2 Å². The molecule has 0 saturated heterocycles. The predicted octanol–water partition coefficient (Wildman–Crippen LogP) is 2.73. The first kappa shape index (κ1) is 23.2.